The summed E-state index contributed by atoms with van der Waals surface area (Å²) in [5.74, 6) is 0. The lowest BCUT2D eigenvalue weighted by atomic mass is 10.0. The Bertz CT molecular complexity index is 401. The van der Waals surface area contributed by atoms with E-state index in [2.05, 4.69) is 19.1 Å². The van der Waals surface area contributed by atoms with E-state index in [0.29, 0.717) is 6.61 Å². The predicted octanol–water partition coefficient (Wildman–Crippen LogP) is 4.91. The summed E-state index contributed by atoms with van der Waals surface area (Å²) in [6.45, 7) is 2.55. The van der Waals surface area contributed by atoms with Gasteiger partial charge in [-0.1, -0.05) is 89.2 Å². The van der Waals surface area contributed by atoms with Gasteiger partial charge in [0, 0.05) is 6.61 Å². The second-order valence-electron chi connectivity index (χ2n) is 8.76. The molecule has 0 aromatic heterocycles. The van der Waals surface area contributed by atoms with Crippen molar-refractivity contribution in [2.75, 3.05) is 19.8 Å². The predicted molar refractivity (Wildman–Crippen MR) is 123 cm³/mol. The van der Waals surface area contributed by atoms with E-state index in [-0.39, 0.29) is 13.2 Å². The third-order valence-corrected chi connectivity index (χ3v) is 6.07. The summed E-state index contributed by atoms with van der Waals surface area (Å²) in [5, 5.41) is 28.8. The number of unbranched alkanes of at least 4 members (excludes halogenated alkanes) is 14. The van der Waals surface area contributed by atoms with Crippen LogP contribution in [0.15, 0.2) is 12.2 Å². The van der Waals surface area contributed by atoms with Crippen LogP contribution in [0.3, 0.4) is 0 Å². The number of hydrogen-bond donors (Lipinski definition) is 3. The fourth-order valence-electron chi connectivity index (χ4n) is 4.09. The molecule has 1 rings (SSSR count). The second kappa shape index (κ2) is 19.2. The average Bonchev–Trinajstić information content (AvgIpc) is 3.08. The number of aliphatic hydroxyl groups is 3. The second-order valence-corrected chi connectivity index (χ2v) is 8.76. The lowest BCUT2D eigenvalue weighted by Gasteiger charge is -2.24. The van der Waals surface area contributed by atoms with Crippen molar-refractivity contribution in [2.24, 2.45) is 0 Å². The molecule has 30 heavy (non-hydrogen) atoms. The highest BCUT2D eigenvalue weighted by atomic mass is 16.6. The summed E-state index contributed by atoms with van der Waals surface area (Å²) in [6.07, 6.45) is 21.0. The van der Waals surface area contributed by atoms with E-state index in [1.165, 1.54) is 83.5 Å². The lowest BCUT2D eigenvalue weighted by Crippen LogP contribution is -2.42. The summed E-state index contributed by atoms with van der Waals surface area (Å²) < 4.78 is 11.0. The molecule has 4 atom stereocenters. The van der Waals surface area contributed by atoms with Crippen molar-refractivity contribution in [3.05, 3.63) is 12.2 Å². The molecule has 1 heterocycles. The highest BCUT2D eigenvalue weighted by molar-refractivity contribution is 4.88. The maximum atomic E-state index is 9.84. The number of aliphatic hydroxyl groups excluding tert-OH is 3. The number of ether oxygens (including phenoxy) is 2. The van der Waals surface area contributed by atoms with E-state index in [1.54, 1.807) is 0 Å². The molecule has 0 aromatic rings. The van der Waals surface area contributed by atoms with Crippen molar-refractivity contribution >= 4 is 0 Å². The Balaban J connectivity index is 1.80. The van der Waals surface area contributed by atoms with Crippen molar-refractivity contribution in [3.8, 4) is 0 Å². The summed E-state index contributed by atoms with van der Waals surface area (Å²) in [5.41, 5.74) is 0. The fraction of sp³-hybridized carbons (Fsp3) is 0.920. The van der Waals surface area contributed by atoms with Gasteiger partial charge < -0.3 is 24.8 Å². The van der Waals surface area contributed by atoms with E-state index in [1.807, 2.05) is 0 Å². The largest absolute Gasteiger partial charge is 0.394 e. The maximum absolute atomic E-state index is 9.84. The first kappa shape index (κ1) is 27.6. The molecule has 0 radical (unpaired) electrons. The van der Waals surface area contributed by atoms with Gasteiger partial charge in [-0.2, -0.15) is 0 Å². The number of hydrogen-bond acceptors (Lipinski definition) is 5. The van der Waals surface area contributed by atoms with Gasteiger partial charge in [0.1, 0.15) is 24.4 Å². The third kappa shape index (κ3) is 13.1. The molecule has 1 aliphatic rings. The van der Waals surface area contributed by atoms with Crippen molar-refractivity contribution in [2.45, 2.75) is 128 Å². The SMILES string of the molecule is C/C=C/CCCCCCCCCCCCCCCCO[C@H](CO)[C@H]1OC[C@H](O)[C@H]1O. The van der Waals surface area contributed by atoms with Crippen LogP contribution in [-0.2, 0) is 9.47 Å². The molecule has 0 aromatic carbocycles. The van der Waals surface area contributed by atoms with Gasteiger partial charge in [0.05, 0.1) is 13.2 Å². The molecule has 5 heteroatoms. The highest BCUT2D eigenvalue weighted by Crippen LogP contribution is 2.20. The molecule has 5 nitrogen and oxygen atoms in total. The quantitative estimate of drug-likeness (QED) is 0.190. The summed E-state index contributed by atoms with van der Waals surface area (Å²) >= 11 is 0. The van der Waals surface area contributed by atoms with Crippen molar-refractivity contribution < 1.29 is 24.8 Å². The monoisotopic (exact) mass is 428 g/mol. The first-order valence-electron chi connectivity index (χ1n) is 12.5. The van der Waals surface area contributed by atoms with Crippen LogP contribution in [0.5, 0.6) is 0 Å². The van der Waals surface area contributed by atoms with Gasteiger partial charge in [0.25, 0.3) is 0 Å². The molecule has 0 saturated carbocycles. The molecule has 178 valence electrons. The zero-order valence-corrected chi connectivity index (χ0v) is 19.4. The molecular weight excluding hydrogens is 380 g/mol. The van der Waals surface area contributed by atoms with Crippen molar-refractivity contribution in [1.29, 1.82) is 0 Å². The normalized spacial score (nSPS) is 22.9. The zero-order chi connectivity index (χ0) is 21.9. The van der Waals surface area contributed by atoms with Gasteiger partial charge in [0.2, 0.25) is 0 Å². The maximum Gasteiger partial charge on any atom is 0.114 e. The van der Waals surface area contributed by atoms with Crippen molar-refractivity contribution in [3.63, 3.8) is 0 Å². The van der Waals surface area contributed by atoms with E-state index in [9.17, 15) is 15.3 Å². The minimum atomic E-state index is -0.977. The van der Waals surface area contributed by atoms with Crippen LogP contribution >= 0.6 is 0 Å². The Kier molecular flexibility index (Phi) is 17.7. The van der Waals surface area contributed by atoms with Gasteiger partial charge in [-0.25, -0.2) is 0 Å². The topological polar surface area (TPSA) is 79.2 Å². The molecule has 1 fully saturated rings. The number of allylic oxidation sites excluding steroid dienone is 2. The van der Waals surface area contributed by atoms with Gasteiger partial charge in [-0.15, -0.1) is 0 Å². The Morgan fingerprint density at radius 2 is 1.33 bits per heavy atom. The molecule has 1 aliphatic heterocycles. The first-order chi connectivity index (χ1) is 14.7. The van der Waals surface area contributed by atoms with E-state index in [4.69, 9.17) is 9.47 Å². The molecule has 0 amide bonds. The van der Waals surface area contributed by atoms with Crippen LogP contribution in [0.1, 0.15) is 103 Å². The van der Waals surface area contributed by atoms with Crippen LogP contribution in [0.4, 0.5) is 0 Å². The molecule has 0 bridgehead atoms. The lowest BCUT2D eigenvalue weighted by molar-refractivity contribution is -0.101. The summed E-state index contributed by atoms with van der Waals surface area (Å²) in [4.78, 5) is 0. The Morgan fingerprint density at radius 3 is 1.77 bits per heavy atom. The van der Waals surface area contributed by atoms with E-state index in [0.717, 1.165) is 12.8 Å². The smallest absolute Gasteiger partial charge is 0.114 e. The molecule has 0 unspecified atom stereocenters. The van der Waals surface area contributed by atoms with E-state index >= 15 is 0 Å². The molecule has 3 N–H and O–H groups in total. The van der Waals surface area contributed by atoms with Crippen molar-refractivity contribution in [1.82, 2.24) is 0 Å². The molecule has 0 spiro atoms. The van der Waals surface area contributed by atoms with Gasteiger partial charge >= 0.3 is 0 Å². The van der Waals surface area contributed by atoms with Gasteiger partial charge in [-0.05, 0) is 26.2 Å². The van der Waals surface area contributed by atoms with Crippen LogP contribution in [-0.4, -0.2) is 59.6 Å². The Labute approximate surface area is 184 Å². The van der Waals surface area contributed by atoms with Gasteiger partial charge in [-0.3, -0.25) is 0 Å². The molecular formula is C25H48O5. The first-order valence-corrected chi connectivity index (χ1v) is 12.5. The summed E-state index contributed by atoms with van der Waals surface area (Å²) in [6, 6.07) is 0. The third-order valence-electron chi connectivity index (χ3n) is 6.07. The Hall–Kier alpha value is -0.460. The summed E-state index contributed by atoms with van der Waals surface area (Å²) in [7, 11) is 0. The molecule has 0 aliphatic carbocycles. The molecule has 1 saturated heterocycles. The highest BCUT2D eigenvalue weighted by Gasteiger charge is 2.40. The Morgan fingerprint density at radius 1 is 0.833 bits per heavy atom. The van der Waals surface area contributed by atoms with Crippen LogP contribution in [0.2, 0.25) is 0 Å². The van der Waals surface area contributed by atoms with E-state index < -0.39 is 24.4 Å². The fourth-order valence-corrected chi connectivity index (χ4v) is 4.09. The minimum Gasteiger partial charge on any atom is -0.394 e. The van der Waals surface area contributed by atoms with Crippen LogP contribution in [0, 0.1) is 0 Å². The zero-order valence-electron chi connectivity index (χ0n) is 19.4. The van der Waals surface area contributed by atoms with Crippen LogP contribution < -0.4 is 0 Å². The average molecular weight is 429 g/mol. The minimum absolute atomic E-state index is 0.100. The van der Waals surface area contributed by atoms with Gasteiger partial charge in [0.15, 0.2) is 0 Å². The standard InChI is InChI=1S/C25H48O5/c1-2-3-4-5-6-7-8-9-10-11-12-13-14-15-16-17-18-19-29-23(20-26)25-24(28)22(27)21-30-25/h2-3,22-28H,4-21H2,1H3/b3-2+/t22-,23+,24+,25+/m0/s1. The number of rotatable bonds is 20. The van der Waals surface area contributed by atoms with Crippen LogP contribution in [0.25, 0.3) is 0 Å².